The van der Waals surface area contributed by atoms with Crippen LogP contribution in [0.5, 0.6) is 5.75 Å². The highest BCUT2D eigenvalue weighted by Gasteiger charge is 2.33. The molecule has 3 heterocycles. The van der Waals surface area contributed by atoms with Crippen LogP contribution in [0.25, 0.3) is 17.0 Å². The number of benzene rings is 2. The van der Waals surface area contributed by atoms with E-state index in [2.05, 4.69) is 4.90 Å². The van der Waals surface area contributed by atoms with E-state index < -0.39 is 0 Å². The summed E-state index contributed by atoms with van der Waals surface area (Å²) in [6.07, 6.45) is 2.42. The summed E-state index contributed by atoms with van der Waals surface area (Å²) in [5.74, 6) is 0.633. The number of carbonyl (C=O) groups excluding carboxylic acids is 1. The van der Waals surface area contributed by atoms with Crippen LogP contribution in [0.1, 0.15) is 18.1 Å². The fourth-order valence-corrected chi connectivity index (χ4v) is 6.13. The van der Waals surface area contributed by atoms with Crippen LogP contribution >= 0.6 is 24.0 Å². The van der Waals surface area contributed by atoms with Crippen molar-refractivity contribution < 1.29 is 14.3 Å². The average molecular weight is 536 g/mol. The zero-order valence-electron chi connectivity index (χ0n) is 20.9. The Hall–Kier alpha value is -3.14. The van der Waals surface area contributed by atoms with Crippen LogP contribution in [0, 0.1) is 0 Å². The van der Waals surface area contributed by atoms with Crippen LogP contribution in [0.15, 0.2) is 58.2 Å². The molecule has 2 saturated heterocycles. The molecule has 2 aliphatic rings. The van der Waals surface area contributed by atoms with Gasteiger partial charge in [0.15, 0.2) is 0 Å². The van der Waals surface area contributed by atoms with Crippen molar-refractivity contribution in [3.05, 3.63) is 74.9 Å². The minimum atomic E-state index is -0.160. The van der Waals surface area contributed by atoms with E-state index in [0.717, 1.165) is 27.9 Å². The van der Waals surface area contributed by atoms with Gasteiger partial charge in [0.2, 0.25) is 0 Å². The summed E-state index contributed by atoms with van der Waals surface area (Å²) >= 11 is 6.84. The summed E-state index contributed by atoms with van der Waals surface area (Å²) in [6.45, 7) is 5.53. The van der Waals surface area contributed by atoms with Crippen LogP contribution in [-0.4, -0.2) is 59.7 Å². The van der Waals surface area contributed by atoms with E-state index in [1.165, 1.54) is 11.8 Å². The highest BCUT2D eigenvalue weighted by Crippen LogP contribution is 2.36. The second-order valence-corrected chi connectivity index (χ2v) is 10.5. The first-order valence-corrected chi connectivity index (χ1v) is 13.6. The van der Waals surface area contributed by atoms with Crippen molar-refractivity contribution in [3.8, 4) is 5.75 Å². The molecule has 3 aromatic rings. The molecule has 7 nitrogen and oxygen atoms in total. The number of hydrogen-bond acceptors (Lipinski definition) is 7. The van der Waals surface area contributed by atoms with Crippen molar-refractivity contribution in [2.45, 2.75) is 19.9 Å². The lowest BCUT2D eigenvalue weighted by Crippen LogP contribution is -2.38. The largest absolute Gasteiger partial charge is 0.497 e. The number of amides is 1. The molecule has 2 aliphatic heterocycles. The Balaban J connectivity index is 1.51. The molecule has 1 aromatic heterocycles. The summed E-state index contributed by atoms with van der Waals surface area (Å²) in [6, 6.07) is 15.8. The number of nitrogens with zero attached hydrogens (tertiary/aromatic N) is 3. The number of methoxy groups -OCH3 is 1. The fraction of sp³-hybridized carbons (Fsp3) is 0.321. The number of carbonyl (C=O) groups is 1. The molecule has 2 aromatic carbocycles. The van der Waals surface area contributed by atoms with E-state index in [0.29, 0.717) is 60.6 Å². The molecule has 5 rings (SSSR count). The van der Waals surface area contributed by atoms with E-state index in [4.69, 9.17) is 21.7 Å². The van der Waals surface area contributed by atoms with Crippen molar-refractivity contribution in [3.63, 3.8) is 0 Å². The maximum absolute atomic E-state index is 13.8. The maximum atomic E-state index is 13.8. The SMILES string of the molecule is CCn1c(=O)c(C=C2SC(=S)N(CCc3ccc(OC)cc3)C2=O)c(N2CCOCC2)c2ccccc21. The summed E-state index contributed by atoms with van der Waals surface area (Å²) < 4.78 is 13.1. The van der Waals surface area contributed by atoms with Gasteiger partial charge in [-0.1, -0.05) is 54.3 Å². The number of rotatable bonds is 7. The van der Waals surface area contributed by atoms with Crippen molar-refractivity contribution in [1.29, 1.82) is 0 Å². The summed E-state index contributed by atoms with van der Waals surface area (Å²) in [4.78, 5) is 31.5. The number of hydrogen-bond donors (Lipinski definition) is 0. The number of thioether (sulfide) groups is 1. The topological polar surface area (TPSA) is 64.0 Å². The van der Waals surface area contributed by atoms with Gasteiger partial charge in [0.25, 0.3) is 11.5 Å². The number of thiocarbonyl (C=S) groups is 1. The third kappa shape index (κ3) is 5.03. The van der Waals surface area contributed by atoms with Gasteiger partial charge in [-0.3, -0.25) is 14.5 Å². The number of morpholine rings is 1. The highest BCUT2D eigenvalue weighted by atomic mass is 32.2. The zero-order chi connectivity index (χ0) is 25.9. The monoisotopic (exact) mass is 535 g/mol. The molecule has 192 valence electrons. The predicted molar refractivity (Wildman–Crippen MR) is 153 cm³/mol. The van der Waals surface area contributed by atoms with Gasteiger partial charge in [0, 0.05) is 31.6 Å². The highest BCUT2D eigenvalue weighted by molar-refractivity contribution is 8.26. The molecule has 0 saturated carbocycles. The Bertz CT molecular complexity index is 1430. The Morgan fingerprint density at radius 1 is 1.08 bits per heavy atom. The van der Waals surface area contributed by atoms with Gasteiger partial charge in [-0.05, 0) is 43.2 Å². The first kappa shape index (κ1) is 25.5. The zero-order valence-corrected chi connectivity index (χ0v) is 22.6. The average Bonchev–Trinajstić information content (AvgIpc) is 3.20. The molecule has 2 fully saturated rings. The lowest BCUT2D eigenvalue weighted by atomic mass is 10.1. The number of fused-ring (bicyclic) bond motifs is 1. The predicted octanol–water partition coefficient (Wildman–Crippen LogP) is 4.31. The smallest absolute Gasteiger partial charge is 0.266 e. The normalized spacial score (nSPS) is 17.3. The number of aromatic nitrogens is 1. The van der Waals surface area contributed by atoms with E-state index in [9.17, 15) is 9.59 Å². The van der Waals surface area contributed by atoms with Crippen LogP contribution in [0.4, 0.5) is 5.69 Å². The van der Waals surface area contributed by atoms with Crippen molar-refractivity contribution in [2.24, 2.45) is 0 Å². The minimum absolute atomic E-state index is 0.105. The summed E-state index contributed by atoms with van der Waals surface area (Å²) in [5.41, 5.74) is 3.26. The molecule has 1 amide bonds. The molecule has 0 N–H and O–H groups in total. The van der Waals surface area contributed by atoms with E-state index >= 15 is 0 Å². The minimum Gasteiger partial charge on any atom is -0.497 e. The maximum Gasteiger partial charge on any atom is 0.266 e. The number of ether oxygens (including phenoxy) is 2. The van der Waals surface area contributed by atoms with Crippen molar-refractivity contribution in [1.82, 2.24) is 9.47 Å². The molecule has 37 heavy (non-hydrogen) atoms. The molecule has 0 spiro atoms. The van der Waals surface area contributed by atoms with Gasteiger partial charge in [-0.15, -0.1) is 0 Å². The quantitative estimate of drug-likeness (QED) is 0.330. The Morgan fingerprint density at radius 2 is 1.81 bits per heavy atom. The number of anilines is 1. The number of aryl methyl sites for hydroxylation is 1. The molecule has 0 unspecified atom stereocenters. The molecule has 9 heteroatoms. The van der Waals surface area contributed by atoms with Gasteiger partial charge in [-0.2, -0.15) is 0 Å². The van der Waals surface area contributed by atoms with E-state index in [-0.39, 0.29) is 11.5 Å². The molecule has 0 atom stereocenters. The van der Waals surface area contributed by atoms with Crippen LogP contribution in [0.2, 0.25) is 0 Å². The lowest BCUT2D eigenvalue weighted by Gasteiger charge is -2.31. The van der Waals surface area contributed by atoms with Crippen LogP contribution in [-0.2, 0) is 22.5 Å². The molecular weight excluding hydrogens is 506 g/mol. The first-order chi connectivity index (χ1) is 18.0. The molecule has 0 radical (unpaired) electrons. The van der Waals surface area contributed by atoms with Gasteiger partial charge >= 0.3 is 0 Å². The molecule has 0 bridgehead atoms. The second-order valence-electron chi connectivity index (χ2n) is 8.86. The third-order valence-corrected chi connectivity index (χ3v) is 8.13. The fourth-order valence-electron chi connectivity index (χ4n) is 4.84. The Labute approximate surface area is 225 Å². The standard InChI is InChI=1S/C28H29N3O4S2/c1-3-30-23-7-5-4-6-21(23)25(29-14-16-35-17-15-29)22(26(30)32)18-24-27(33)31(28(36)37-24)13-12-19-8-10-20(34-2)11-9-19/h4-11,18H,3,12-17H2,1-2H3. The van der Waals surface area contributed by atoms with Gasteiger partial charge in [0.05, 0.1) is 42.0 Å². The van der Waals surface area contributed by atoms with Gasteiger partial charge < -0.3 is 18.9 Å². The third-order valence-electron chi connectivity index (χ3n) is 6.76. The van der Waals surface area contributed by atoms with Gasteiger partial charge in [-0.25, -0.2) is 0 Å². The van der Waals surface area contributed by atoms with Crippen LogP contribution in [0.3, 0.4) is 0 Å². The Morgan fingerprint density at radius 3 is 2.51 bits per heavy atom. The first-order valence-electron chi connectivity index (χ1n) is 12.4. The number of pyridine rings is 1. The second kappa shape index (κ2) is 11.1. The van der Waals surface area contributed by atoms with Crippen molar-refractivity contribution >= 4 is 56.9 Å². The van der Waals surface area contributed by atoms with Crippen molar-refractivity contribution in [2.75, 3.05) is 44.9 Å². The summed E-state index contributed by atoms with van der Waals surface area (Å²) in [5, 5.41) is 0.993. The van der Waals surface area contributed by atoms with E-state index in [1.54, 1.807) is 22.7 Å². The van der Waals surface area contributed by atoms with Gasteiger partial charge in [0.1, 0.15) is 10.1 Å². The molecule has 0 aliphatic carbocycles. The van der Waals surface area contributed by atoms with Crippen LogP contribution < -0.4 is 15.2 Å². The number of para-hydroxylation sites is 1. The lowest BCUT2D eigenvalue weighted by molar-refractivity contribution is -0.122. The molecular formula is C28H29N3O4S2. The summed E-state index contributed by atoms with van der Waals surface area (Å²) in [7, 11) is 1.64. The Kier molecular flexibility index (Phi) is 7.64. The van der Waals surface area contributed by atoms with E-state index in [1.807, 2.05) is 55.5 Å².